The molecule has 0 aromatic heterocycles. The molecule has 0 aliphatic rings. The fraction of sp³-hybridized carbons (Fsp3) is 1.00. The molecule has 17 heavy (non-hydrogen) atoms. The predicted octanol–water partition coefficient (Wildman–Crippen LogP) is 3.52. The van der Waals surface area contributed by atoms with Gasteiger partial charge in [-0.05, 0) is 33.6 Å². The van der Waals surface area contributed by atoms with Gasteiger partial charge in [-0.2, -0.15) is 0 Å². The molecule has 0 aliphatic heterocycles. The minimum atomic E-state index is -2.61. The lowest BCUT2D eigenvalue weighted by atomic mass is 10.1. The predicted molar refractivity (Wildman–Crippen MR) is 75.0 cm³/mol. The van der Waals surface area contributed by atoms with Crippen molar-refractivity contribution in [3.8, 4) is 0 Å². The molecule has 0 rings (SSSR count). The molecule has 6 heteroatoms. The summed E-state index contributed by atoms with van der Waals surface area (Å²) in [5.74, 6) is 0.641. The highest BCUT2D eigenvalue weighted by atomic mass is 35.5. The van der Waals surface area contributed by atoms with Gasteiger partial charge >= 0.3 is 8.80 Å². The normalized spacial score (nSPS) is 15.9. The monoisotopic (exact) mass is 302 g/mol. The zero-order valence-corrected chi connectivity index (χ0v) is 13.7. The molecule has 2 atom stereocenters. The van der Waals surface area contributed by atoms with E-state index in [0.29, 0.717) is 31.7 Å². The lowest BCUT2D eigenvalue weighted by molar-refractivity contribution is 0.0677. The van der Waals surface area contributed by atoms with Crippen molar-refractivity contribution in [3.63, 3.8) is 0 Å². The number of hydrogen-bond donors (Lipinski definition) is 0. The summed E-state index contributed by atoms with van der Waals surface area (Å²) in [6.45, 7) is 9.52. The summed E-state index contributed by atoms with van der Waals surface area (Å²) in [5, 5.41) is -0.0132. The Balaban J connectivity index is 4.72. The van der Waals surface area contributed by atoms with Crippen molar-refractivity contribution in [2.24, 2.45) is 5.92 Å². The molecule has 0 aliphatic carbocycles. The van der Waals surface area contributed by atoms with Gasteiger partial charge in [-0.1, -0.05) is 0 Å². The smallest absolute Gasteiger partial charge is 0.374 e. The maximum Gasteiger partial charge on any atom is 0.501 e. The Kier molecular flexibility index (Phi) is 9.97. The molecule has 104 valence electrons. The first kappa shape index (κ1) is 17.7. The largest absolute Gasteiger partial charge is 0.501 e. The van der Waals surface area contributed by atoms with Crippen LogP contribution in [0.5, 0.6) is 0 Å². The van der Waals surface area contributed by atoms with Crippen molar-refractivity contribution in [1.82, 2.24) is 0 Å². The lowest BCUT2D eigenvalue weighted by Gasteiger charge is -2.31. The lowest BCUT2D eigenvalue weighted by Crippen LogP contribution is -2.48. The third kappa shape index (κ3) is 6.41. The molecule has 0 aromatic carbocycles. The van der Waals surface area contributed by atoms with E-state index in [1.54, 1.807) is 0 Å². The number of rotatable bonds is 10. The minimum absolute atomic E-state index is 0.0132. The van der Waals surface area contributed by atoms with E-state index in [0.717, 1.165) is 0 Å². The molecular formula is C11H24Cl2O3Si. The van der Waals surface area contributed by atoms with E-state index in [-0.39, 0.29) is 11.3 Å². The first-order chi connectivity index (χ1) is 8.05. The van der Waals surface area contributed by atoms with E-state index in [1.807, 2.05) is 27.7 Å². The van der Waals surface area contributed by atoms with Crippen LogP contribution in [0, 0.1) is 5.92 Å². The maximum atomic E-state index is 6.12. The average molecular weight is 303 g/mol. The highest BCUT2D eigenvalue weighted by molar-refractivity contribution is 6.61. The van der Waals surface area contributed by atoms with E-state index in [9.17, 15) is 0 Å². The molecule has 3 nitrogen and oxygen atoms in total. The third-order valence-corrected chi connectivity index (χ3v) is 6.42. The average Bonchev–Trinajstić information content (AvgIpc) is 2.26. The van der Waals surface area contributed by atoms with Crippen LogP contribution in [-0.4, -0.2) is 39.9 Å². The Labute approximate surface area is 116 Å². The summed E-state index contributed by atoms with van der Waals surface area (Å²) in [6, 6.07) is 0.677. The third-order valence-electron chi connectivity index (χ3n) is 2.45. The van der Waals surface area contributed by atoms with E-state index in [2.05, 4.69) is 0 Å². The Morgan fingerprint density at radius 1 is 1.00 bits per heavy atom. The Bertz CT molecular complexity index is 177. The van der Waals surface area contributed by atoms with Gasteiger partial charge in [0.25, 0.3) is 0 Å². The van der Waals surface area contributed by atoms with Gasteiger partial charge in [0.1, 0.15) is 0 Å². The maximum absolute atomic E-state index is 6.12. The molecule has 2 unspecified atom stereocenters. The highest BCUT2D eigenvalue weighted by Crippen LogP contribution is 2.27. The minimum Gasteiger partial charge on any atom is -0.374 e. The summed E-state index contributed by atoms with van der Waals surface area (Å²) >= 11 is 12.1. The molecule has 0 amide bonds. The van der Waals surface area contributed by atoms with E-state index in [4.69, 9.17) is 36.5 Å². The second kappa shape index (κ2) is 9.59. The molecule has 0 bridgehead atoms. The Morgan fingerprint density at radius 3 is 1.65 bits per heavy atom. The van der Waals surface area contributed by atoms with Crippen molar-refractivity contribution in [2.45, 2.75) is 39.1 Å². The van der Waals surface area contributed by atoms with Gasteiger partial charge in [0.2, 0.25) is 0 Å². The van der Waals surface area contributed by atoms with Gasteiger partial charge in [-0.15, -0.1) is 23.2 Å². The van der Waals surface area contributed by atoms with Gasteiger partial charge < -0.3 is 13.3 Å². The molecule has 0 fully saturated rings. The van der Waals surface area contributed by atoms with Crippen molar-refractivity contribution in [1.29, 1.82) is 0 Å². The second-order valence-corrected chi connectivity index (χ2v) is 7.42. The fourth-order valence-corrected chi connectivity index (χ4v) is 5.66. The molecular weight excluding hydrogens is 279 g/mol. The van der Waals surface area contributed by atoms with Crippen LogP contribution < -0.4 is 0 Å². The number of alkyl halides is 2. The van der Waals surface area contributed by atoms with Crippen LogP contribution >= 0.6 is 23.2 Å². The first-order valence-corrected chi connectivity index (χ1v) is 9.07. The standard InChI is InChI=1S/C11H24Cl2O3Si/c1-5-14-17(15-6-2,16-7-3)9-11(8-12)10(4)13/h10-11H,5-9H2,1-4H3. The Hall–Kier alpha value is 0.677. The fourth-order valence-electron chi connectivity index (χ4n) is 1.62. The van der Waals surface area contributed by atoms with Gasteiger partial charge in [-0.25, -0.2) is 0 Å². The molecule has 0 heterocycles. The molecule has 0 saturated carbocycles. The van der Waals surface area contributed by atoms with Gasteiger partial charge in [0.15, 0.2) is 0 Å². The molecule has 0 spiro atoms. The van der Waals surface area contributed by atoms with Crippen molar-refractivity contribution < 1.29 is 13.3 Å². The highest BCUT2D eigenvalue weighted by Gasteiger charge is 2.43. The van der Waals surface area contributed by atoms with E-state index >= 15 is 0 Å². The first-order valence-electron chi connectivity index (χ1n) is 6.17. The molecule has 0 radical (unpaired) electrons. The van der Waals surface area contributed by atoms with Crippen LogP contribution in [0.3, 0.4) is 0 Å². The van der Waals surface area contributed by atoms with Crippen molar-refractivity contribution in [2.75, 3.05) is 25.7 Å². The number of halogens is 2. The summed E-state index contributed by atoms with van der Waals surface area (Å²) in [5.41, 5.74) is 0. The Morgan fingerprint density at radius 2 is 1.41 bits per heavy atom. The summed E-state index contributed by atoms with van der Waals surface area (Å²) in [4.78, 5) is 0. The van der Waals surface area contributed by atoms with Crippen LogP contribution in [0.2, 0.25) is 6.04 Å². The van der Waals surface area contributed by atoms with Gasteiger partial charge in [-0.3, -0.25) is 0 Å². The summed E-state index contributed by atoms with van der Waals surface area (Å²) < 4.78 is 17.3. The van der Waals surface area contributed by atoms with Gasteiger partial charge in [0, 0.05) is 37.1 Å². The van der Waals surface area contributed by atoms with Crippen LogP contribution in [-0.2, 0) is 13.3 Å². The van der Waals surface area contributed by atoms with Crippen molar-refractivity contribution in [3.05, 3.63) is 0 Å². The van der Waals surface area contributed by atoms with Crippen LogP contribution in [0.4, 0.5) is 0 Å². The van der Waals surface area contributed by atoms with Crippen LogP contribution in [0.25, 0.3) is 0 Å². The molecule has 0 N–H and O–H groups in total. The molecule has 0 saturated heterocycles. The van der Waals surface area contributed by atoms with Crippen molar-refractivity contribution >= 4 is 32.0 Å². The summed E-state index contributed by atoms with van der Waals surface area (Å²) in [6.07, 6.45) is 0. The summed E-state index contributed by atoms with van der Waals surface area (Å²) in [7, 11) is -2.61. The van der Waals surface area contributed by atoms with Crippen LogP contribution in [0.15, 0.2) is 0 Å². The number of hydrogen-bond acceptors (Lipinski definition) is 3. The van der Waals surface area contributed by atoms with E-state index < -0.39 is 8.80 Å². The zero-order chi connectivity index (χ0) is 13.3. The molecule has 0 aromatic rings. The topological polar surface area (TPSA) is 27.7 Å². The van der Waals surface area contributed by atoms with Gasteiger partial charge in [0.05, 0.1) is 0 Å². The van der Waals surface area contributed by atoms with Crippen LogP contribution in [0.1, 0.15) is 27.7 Å². The second-order valence-electron chi connectivity index (χ2n) is 3.78. The van der Waals surface area contributed by atoms with E-state index in [1.165, 1.54) is 0 Å². The SMILES string of the molecule is CCO[Si](CC(CCl)C(C)Cl)(OCC)OCC. The quantitative estimate of drug-likeness (QED) is 0.456. The zero-order valence-electron chi connectivity index (χ0n) is 11.2.